The Kier molecular flexibility index (Phi) is 3.37. The van der Waals surface area contributed by atoms with Crippen LogP contribution in [0.25, 0.3) is 0 Å². The summed E-state index contributed by atoms with van der Waals surface area (Å²) in [6.07, 6.45) is 1.76. The van der Waals surface area contributed by atoms with Crippen molar-refractivity contribution in [2.24, 2.45) is 0 Å². The lowest BCUT2D eigenvalue weighted by Gasteiger charge is -2.10. The first-order valence-electron chi connectivity index (χ1n) is 5.45. The van der Waals surface area contributed by atoms with Crippen molar-refractivity contribution in [3.8, 4) is 6.07 Å². The second-order valence-electron chi connectivity index (χ2n) is 3.78. The van der Waals surface area contributed by atoms with Crippen molar-refractivity contribution in [2.45, 2.75) is 13.5 Å². The molecule has 3 nitrogen and oxygen atoms in total. The summed E-state index contributed by atoms with van der Waals surface area (Å²) in [4.78, 5) is 4.23. The Balaban J connectivity index is 2.17. The maximum absolute atomic E-state index is 9.03. The van der Waals surface area contributed by atoms with E-state index in [0.717, 1.165) is 16.9 Å². The van der Waals surface area contributed by atoms with E-state index in [4.69, 9.17) is 5.26 Å². The lowest BCUT2D eigenvalue weighted by molar-refractivity contribution is 1.04. The van der Waals surface area contributed by atoms with Gasteiger partial charge in [0.05, 0.1) is 23.5 Å². The van der Waals surface area contributed by atoms with Crippen LogP contribution in [-0.2, 0) is 6.54 Å². The van der Waals surface area contributed by atoms with E-state index in [9.17, 15) is 0 Å². The van der Waals surface area contributed by atoms with Crippen molar-refractivity contribution in [1.82, 2.24) is 4.98 Å². The molecule has 0 aliphatic rings. The topological polar surface area (TPSA) is 48.7 Å². The van der Waals surface area contributed by atoms with Crippen LogP contribution in [0.1, 0.15) is 16.8 Å². The van der Waals surface area contributed by atoms with Crippen LogP contribution in [0.3, 0.4) is 0 Å². The Morgan fingerprint density at radius 3 is 2.82 bits per heavy atom. The molecule has 0 unspecified atom stereocenters. The summed E-state index contributed by atoms with van der Waals surface area (Å²) in [7, 11) is 0. The predicted molar refractivity (Wildman–Crippen MR) is 67.5 cm³/mol. The fourth-order valence-electron chi connectivity index (χ4n) is 1.68. The Morgan fingerprint density at radius 1 is 1.24 bits per heavy atom. The Labute approximate surface area is 101 Å². The van der Waals surface area contributed by atoms with Crippen molar-refractivity contribution in [1.29, 1.82) is 5.26 Å². The molecule has 2 aromatic rings. The van der Waals surface area contributed by atoms with Crippen molar-refractivity contribution in [2.75, 3.05) is 5.32 Å². The van der Waals surface area contributed by atoms with Gasteiger partial charge in [0.1, 0.15) is 6.07 Å². The third kappa shape index (κ3) is 2.61. The van der Waals surface area contributed by atoms with Crippen molar-refractivity contribution in [3.05, 3.63) is 59.4 Å². The number of benzene rings is 1. The number of rotatable bonds is 3. The van der Waals surface area contributed by atoms with Crippen LogP contribution >= 0.6 is 0 Å². The van der Waals surface area contributed by atoms with E-state index in [2.05, 4.69) is 16.4 Å². The van der Waals surface area contributed by atoms with Gasteiger partial charge in [-0.1, -0.05) is 18.2 Å². The third-order valence-electron chi connectivity index (χ3n) is 2.57. The highest BCUT2D eigenvalue weighted by molar-refractivity contribution is 5.62. The van der Waals surface area contributed by atoms with Gasteiger partial charge in [-0.15, -0.1) is 0 Å². The van der Waals surface area contributed by atoms with Gasteiger partial charge in [0, 0.05) is 6.20 Å². The van der Waals surface area contributed by atoms with Crippen molar-refractivity contribution >= 4 is 5.69 Å². The zero-order valence-corrected chi connectivity index (χ0v) is 9.64. The average Bonchev–Trinajstić information content (AvgIpc) is 2.38. The normalized spacial score (nSPS) is 9.65. The van der Waals surface area contributed by atoms with Crippen molar-refractivity contribution in [3.63, 3.8) is 0 Å². The summed E-state index contributed by atoms with van der Waals surface area (Å²) >= 11 is 0. The lowest BCUT2D eigenvalue weighted by atomic mass is 10.1. The Morgan fingerprint density at radius 2 is 2.12 bits per heavy atom. The summed E-state index contributed by atoms with van der Waals surface area (Å²) < 4.78 is 0. The molecule has 0 aliphatic carbocycles. The molecule has 0 radical (unpaired) electrons. The van der Waals surface area contributed by atoms with Gasteiger partial charge in [0.25, 0.3) is 0 Å². The molecule has 1 N–H and O–H groups in total. The number of hydrogen-bond donors (Lipinski definition) is 1. The fraction of sp³-hybridized carbons (Fsp3) is 0.143. The van der Waals surface area contributed by atoms with Crippen LogP contribution in [0.5, 0.6) is 0 Å². The third-order valence-corrected chi connectivity index (χ3v) is 2.57. The van der Waals surface area contributed by atoms with Crippen LogP contribution in [0, 0.1) is 18.3 Å². The van der Waals surface area contributed by atoms with Gasteiger partial charge in [-0.2, -0.15) is 5.26 Å². The molecule has 2 rings (SSSR count). The number of anilines is 1. The molecule has 0 bridgehead atoms. The van der Waals surface area contributed by atoms with Gasteiger partial charge in [-0.25, -0.2) is 0 Å². The number of para-hydroxylation sites is 1. The molecular formula is C14H13N3. The summed E-state index contributed by atoms with van der Waals surface area (Å²) in [5.74, 6) is 0. The molecule has 0 saturated carbocycles. The number of nitriles is 1. The van der Waals surface area contributed by atoms with Crippen LogP contribution in [0.15, 0.2) is 42.6 Å². The van der Waals surface area contributed by atoms with Crippen LogP contribution < -0.4 is 5.32 Å². The first-order valence-corrected chi connectivity index (χ1v) is 5.45. The molecule has 0 atom stereocenters. The zero-order valence-electron chi connectivity index (χ0n) is 9.64. The maximum Gasteiger partial charge on any atom is 0.101 e. The van der Waals surface area contributed by atoms with Crippen molar-refractivity contribution < 1.29 is 0 Å². The molecule has 17 heavy (non-hydrogen) atoms. The van der Waals surface area contributed by atoms with E-state index in [1.165, 1.54) is 0 Å². The standard InChI is InChI=1S/C14H13N3/c1-11-5-4-6-12(9-15)14(11)17-10-13-7-2-3-8-16-13/h2-8,17H,10H2,1H3. The second kappa shape index (κ2) is 5.13. The molecule has 1 heterocycles. The van der Waals surface area contributed by atoms with Crippen LogP contribution in [0.4, 0.5) is 5.69 Å². The smallest absolute Gasteiger partial charge is 0.101 e. The van der Waals surface area contributed by atoms with Crippen LogP contribution in [0.2, 0.25) is 0 Å². The quantitative estimate of drug-likeness (QED) is 0.870. The highest BCUT2D eigenvalue weighted by atomic mass is 14.9. The predicted octanol–water partition coefficient (Wildman–Crippen LogP) is 2.87. The molecule has 0 spiro atoms. The number of aryl methyl sites for hydroxylation is 1. The monoisotopic (exact) mass is 223 g/mol. The highest BCUT2D eigenvalue weighted by Gasteiger charge is 2.04. The largest absolute Gasteiger partial charge is 0.378 e. The minimum Gasteiger partial charge on any atom is -0.378 e. The van der Waals surface area contributed by atoms with Gasteiger partial charge in [0.15, 0.2) is 0 Å². The van der Waals surface area contributed by atoms with E-state index in [1.807, 2.05) is 43.3 Å². The van der Waals surface area contributed by atoms with E-state index in [1.54, 1.807) is 6.20 Å². The number of nitrogens with one attached hydrogen (secondary N) is 1. The fourth-order valence-corrected chi connectivity index (χ4v) is 1.68. The molecule has 84 valence electrons. The van der Waals surface area contributed by atoms with E-state index >= 15 is 0 Å². The summed E-state index contributed by atoms with van der Waals surface area (Å²) in [6.45, 7) is 2.61. The van der Waals surface area contributed by atoms with Gasteiger partial charge < -0.3 is 5.32 Å². The van der Waals surface area contributed by atoms with Gasteiger partial charge in [-0.3, -0.25) is 4.98 Å². The summed E-state index contributed by atoms with van der Waals surface area (Å²) in [6, 6.07) is 13.7. The number of pyridine rings is 1. The van der Waals surface area contributed by atoms with E-state index < -0.39 is 0 Å². The van der Waals surface area contributed by atoms with E-state index in [0.29, 0.717) is 12.1 Å². The average molecular weight is 223 g/mol. The molecule has 3 heteroatoms. The van der Waals surface area contributed by atoms with Gasteiger partial charge in [-0.05, 0) is 30.7 Å². The molecule has 0 amide bonds. The SMILES string of the molecule is Cc1cccc(C#N)c1NCc1ccccn1. The van der Waals surface area contributed by atoms with E-state index in [-0.39, 0.29) is 0 Å². The number of hydrogen-bond acceptors (Lipinski definition) is 3. The molecule has 1 aromatic carbocycles. The summed E-state index contributed by atoms with van der Waals surface area (Å²) in [5.41, 5.74) is 3.58. The Bertz CT molecular complexity index is 541. The minimum atomic E-state index is 0.625. The molecule has 0 saturated heterocycles. The Hall–Kier alpha value is -2.34. The first-order chi connectivity index (χ1) is 8.31. The molecule has 1 aromatic heterocycles. The molecule has 0 fully saturated rings. The zero-order chi connectivity index (χ0) is 12.1. The van der Waals surface area contributed by atoms with Gasteiger partial charge in [0.2, 0.25) is 0 Å². The summed E-state index contributed by atoms with van der Waals surface area (Å²) in [5, 5.41) is 12.3. The van der Waals surface area contributed by atoms with Crippen LogP contribution in [-0.4, -0.2) is 4.98 Å². The minimum absolute atomic E-state index is 0.625. The number of nitrogens with zero attached hydrogens (tertiary/aromatic N) is 2. The second-order valence-corrected chi connectivity index (χ2v) is 3.78. The maximum atomic E-state index is 9.03. The number of aromatic nitrogens is 1. The molecule has 0 aliphatic heterocycles. The molecular weight excluding hydrogens is 210 g/mol. The highest BCUT2D eigenvalue weighted by Crippen LogP contribution is 2.20. The lowest BCUT2D eigenvalue weighted by Crippen LogP contribution is -2.04. The van der Waals surface area contributed by atoms with Gasteiger partial charge >= 0.3 is 0 Å². The first kappa shape index (κ1) is 11.2.